The van der Waals surface area contributed by atoms with Crippen molar-refractivity contribution in [1.29, 1.82) is 0 Å². The van der Waals surface area contributed by atoms with E-state index in [9.17, 15) is 14.7 Å². The molecule has 1 fully saturated rings. The minimum absolute atomic E-state index is 0.0185. The van der Waals surface area contributed by atoms with Crippen LogP contribution in [0.25, 0.3) is 0 Å². The van der Waals surface area contributed by atoms with E-state index in [1.807, 2.05) is 24.3 Å². The summed E-state index contributed by atoms with van der Waals surface area (Å²) in [6.07, 6.45) is 1.30. The first-order valence-electron chi connectivity index (χ1n) is 10.8. The Morgan fingerprint density at radius 3 is 2.38 bits per heavy atom. The Bertz CT molecular complexity index is 1020. The van der Waals surface area contributed by atoms with Gasteiger partial charge in [-0.25, -0.2) is 4.79 Å². The fourth-order valence-corrected chi connectivity index (χ4v) is 4.05. The van der Waals surface area contributed by atoms with Gasteiger partial charge in [-0.05, 0) is 30.2 Å². The molecule has 2 amide bonds. The molecular weight excluding hydrogens is 440 g/mol. The number of ether oxygens (including phenoxy) is 4. The monoisotopic (exact) mass is 470 g/mol. The number of aliphatic hydroxyl groups is 1. The predicted molar refractivity (Wildman–Crippen MR) is 127 cm³/mol. The van der Waals surface area contributed by atoms with Crippen LogP contribution in [0.4, 0.5) is 10.5 Å². The van der Waals surface area contributed by atoms with Crippen molar-refractivity contribution < 1.29 is 33.6 Å². The third-order valence-corrected chi connectivity index (χ3v) is 5.80. The summed E-state index contributed by atoms with van der Waals surface area (Å²) in [7, 11) is 4.53. The third-order valence-electron chi connectivity index (χ3n) is 5.80. The molecule has 0 aromatic heterocycles. The van der Waals surface area contributed by atoms with Crippen LogP contribution in [-0.2, 0) is 4.74 Å². The zero-order valence-corrected chi connectivity index (χ0v) is 19.6. The van der Waals surface area contributed by atoms with Crippen LogP contribution in [0, 0.1) is 0 Å². The van der Waals surface area contributed by atoms with Crippen LogP contribution in [0.3, 0.4) is 0 Å². The van der Waals surface area contributed by atoms with Crippen molar-refractivity contribution in [2.75, 3.05) is 46.4 Å². The molecule has 0 unspecified atom stereocenters. The van der Waals surface area contributed by atoms with E-state index >= 15 is 0 Å². The largest absolute Gasteiger partial charge is 0.497 e. The van der Waals surface area contributed by atoms with Gasteiger partial charge in [0.2, 0.25) is 0 Å². The lowest BCUT2D eigenvalue weighted by atomic mass is 9.96. The highest BCUT2D eigenvalue weighted by atomic mass is 16.5. The molecule has 2 atom stereocenters. The Morgan fingerprint density at radius 2 is 1.79 bits per heavy atom. The van der Waals surface area contributed by atoms with E-state index in [0.717, 1.165) is 11.3 Å². The van der Waals surface area contributed by atoms with Crippen LogP contribution in [0.15, 0.2) is 49.1 Å². The van der Waals surface area contributed by atoms with Gasteiger partial charge < -0.3 is 29.0 Å². The van der Waals surface area contributed by atoms with Gasteiger partial charge in [0.1, 0.15) is 12.4 Å². The van der Waals surface area contributed by atoms with E-state index in [1.165, 1.54) is 32.4 Å². The molecule has 0 saturated carbocycles. The first-order chi connectivity index (χ1) is 16.4. The number of carbonyl (C=O) groups is 2. The SMILES string of the molecule is C=CCOC(=O)Nc1cc(OC)c(OC)cc1C(=O)N1C[C@@H](c2ccc(OC)cc2)C[C@H]1CO. The minimum Gasteiger partial charge on any atom is -0.497 e. The van der Waals surface area contributed by atoms with Crippen LogP contribution >= 0.6 is 0 Å². The summed E-state index contributed by atoms with van der Waals surface area (Å²) in [5.41, 5.74) is 1.46. The molecule has 0 spiro atoms. The van der Waals surface area contributed by atoms with Crippen molar-refractivity contribution in [3.63, 3.8) is 0 Å². The Balaban J connectivity index is 1.92. The van der Waals surface area contributed by atoms with Gasteiger partial charge in [0.15, 0.2) is 11.5 Å². The average molecular weight is 471 g/mol. The first-order valence-corrected chi connectivity index (χ1v) is 10.8. The second-order valence-electron chi connectivity index (χ2n) is 7.76. The number of hydrogen-bond acceptors (Lipinski definition) is 7. The maximum absolute atomic E-state index is 13.7. The lowest BCUT2D eigenvalue weighted by Gasteiger charge is -2.25. The number of amides is 2. The number of hydrogen-bond donors (Lipinski definition) is 2. The molecule has 0 bridgehead atoms. The van der Waals surface area contributed by atoms with Crippen molar-refractivity contribution in [2.24, 2.45) is 0 Å². The van der Waals surface area contributed by atoms with E-state index in [0.29, 0.717) is 24.5 Å². The Labute approximate surface area is 198 Å². The molecule has 9 heteroatoms. The van der Waals surface area contributed by atoms with Gasteiger partial charge in [-0.2, -0.15) is 0 Å². The zero-order valence-electron chi connectivity index (χ0n) is 19.6. The molecule has 2 aromatic rings. The van der Waals surface area contributed by atoms with Gasteiger partial charge >= 0.3 is 6.09 Å². The van der Waals surface area contributed by atoms with Crippen molar-refractivity contribution >= 4 is 17.7 Å². The number of likely N-dealkylation sites (tertiary alicyclic amines) is 1. The van der Waals surface area contributed by atoms with Gasteiger partial charge in [-0.1, -0.05) is 24.8 Å². The zero-order chi connectivity index (χ0) is 24.7. The maximum atomic E-state index is 13.7. The molecule has 0 radical (unpaired) electrons. The number of anilines is 1. The summed E-state index contributed by atoms with van der Waals surface area (Å²) >= 11 is 0. The molecule has 9 nitrogen and oxygen atoms in total. The molecule has 3 rings (SSSR count). The lowest BCUT2D eigenvalue weighted by Crippen LogP contribution is -2.38. The molecular formula is C25H30N2O7. The average Bonchev–Trinajstić information content (AvgIpc) is 3.31. The van der Waals surface area contributed by atoms with Crippen LogP contribution in [0.1, 0.15) is 28.3 Å². The maximum Gasteiger partial charge on any atom is 0.411 e. The normalized spacial score (nSPS) is 17.1. The van der Waals surface area contributed by atoms with Crippen LogP contribution in [0.2, 0.25) is 0 Å². The number of carbonyl (C=O) groups excluding carboxylic acids is 2. The highest BCUT2D eigenvalue weighted by molar-refractivity contribution is 6.04. The van der Waals surface area contributed by atoms with Gasteiger partial charge in [0.05, 0.1) is 45.2 Å². The number of methoxy groups -OCH3 is 3. The quantitative estimate of drug-likeness (QED) is 0.541. The standard InChI is InChI=1S/C25H30N2O7/c1-5-10-34-25(30)26-21-13-23(33-4)22(32-3)12-20(21)24(29)27-14-17(11-18(27)15-28)16-6-8-19(31-2)9-7-16/h5-9,12-13,17-18,28H,1,10-11,14-15H2,2-4H3,(H,26,30)/t17-,18-/m0/s1. The minimum atomic E-state index is -0.739. The topological polar surface area (TPSA) is 107 Å². The van der Waals surface area contributed by atoms with Crippen molar-refractivity contribution in [1.82, 2.24) is 4.90 Å². The third kappa shape index (κ3) is 5.43. The van der Waals surface area contributed by atoms with E-state index in [4.69, 9.17) is 18.9 Å². The first kappa shape index (κ1) is 24.9. The van der Waals surface area contributed by atoms with Crippen LogP contribution in [-0.4, -0.2) is 69.1 Å². The van der Waals surface area contributed by atoms with E-state index in [2.05, 4.69) is 11.9 Å². The Hall–Kier alpha value is -3.72. The number of rotatable bonds is 9. The summed E-state index contributed by atoms with van der Waals surface area (Å²) in [5.74, 6) is 1.12. The lowest BCUT2D eigenvalue weighted by molar-refractivity contribution is 0.0677. The van der Waals surface area contributed by atoms with Gasteiger partial charge in [0.25, 0.3) is 5.91 Å². The summed E-state index contributed by atoms with van der Waals surface area (Å²) in [5, 5.41) is 12.6. The number of aliphatic hydroxyl groups excluding tert-OH is 1. The van der Waals surface area contributed by atoms with Gasteiger partial charge in [-0.3, -0.25) is 10.1 Å². The highest BCUT2D eigenvalue weighted by Crippen LogP contribution is 2.37. The summed E-state index contributed by atoms with van der Waals surface area (Å²) < 4.78 is 20.9. The molecule has 1 heterocycles. The van der Waals surface area contributed by atoms with Gasteiger partial charge in [-0.15, -0.1) is 0 Å². The van der Waals surface area contributed by atoms with Crippen molar-refractivity contribution in [2.45, 2.75) is 18.4 Å². The Kier molecular flexibility index (Phi) is 8.37. The molecule has 1 saturated heterocycles. The fourth-order valence-electron chi connectivity index (χ4n) is 4.05. The second-order valence-corrected chi connectivity index (χ2v) is 7.76. The fraction of sp³-hybridized carbons (Fsp3) is 0.360. The summed E-state index contributed by atoms with van der Waals surface area (Å²) in [4.78, 5) is 27.5. The highest BCUT2D eigenvalue weighted by Gasteiger charge is 2.37. The van der Waals surface area contributed by atoms with Crippen LogP contribution in [0.5, 0.6) is 17.2 Å². The van der Waals surface area contributed by atoms with E-state index < -0.39 is 6.09 Å². The summed E-state index contributed by atoms with van der Waals surface area (Å²) in [6.45, 7) is 3.76. The molecule has 2 aromatic carbocycles. The second kappa shape index (κ2) is 11.4. The van der Waals surface area contributed by atoms with Crippen molar-refractivity contribution in [3.05, 3.63) is 60.2 Å². The molecule has 0 aliphatic carbocycles. The van der Waals surface area contributed by atoms with E-state index in [1.54, 1.807) is 12.0 Å². The molecule has 1 aliphatic rings. The van der Waals surface area contributed by atoms with Gasteiger partial charge in [0, 0.05) is 18.5 Å². The number of benzene rings is 2. The Morgan fingerprint density at radius 1 is 1.12 bits per heavy atom. The predicted octanol–water partition coefficient (Wildman–Crippen LogP) is 3.44. The van der Waals surface area contributed by atoms with E-state index in [-0.39, 0.29) is 42.3 Å². The van der Waals surface area contributed by atoms with Crippen LogP contribution < -0.4 is 19.5 Å². The number of nitrogens with one attached hydrogen (secondary N) is 1. The molecule has 182 valence electrons. The van der Waals surface area contributed by atoms with Crippen molar-refractivity contribution in [3.8, 4) is 17.2 Å². The molecule has 2 N–H and O–H groups in total. The summed E-state index contributed by atoms with van der Waals surface area (Å²) in [6, 6.07) is 10.3. The smallest absolute Gasteiger partial charge is 0.411 e. The number of nitrogens with zero attached hydrogens (tertiary/aromatic N) is 1. The molecule has 1 aliphatic heterocycles. The molecule has 34 heavy (non-hydrogen) atoms.